The van der Waals surface area contributed by atoms with Gasteiger partial charge in [0.25, 0.3) is 0 Å². The molecule has 0 bridgehead atoms. The average molecular weight is 342 g/mol. The summed E-state index contributed by atoms with van der Waals surface area (Å²) in [6.07, 6.45) is 1.68. The molecular weight excluding hydrogens is 330 g/mol. The van der Waals surface area contributed by atoms with Gasteiger partial charge in [0.15, 0.2) is 5.78 Å². The lowest BCUT2D eigenvalue weighted by Crippen LogP contribution is -2.17. The number of aromatic nitrogens is 1. The maximum atomic E-state index is 14.0. The first-order valence-electron chi connectivity index (χ1n) is 7.40. The van der Waals surface area contributed by atoms with Gasteiger partial charge in [-0.1, -0.05) is 0 Å². The Labute approximate surface area is 141 Å². The minimum absolute atomic E-state index is 0.227. The first-order valence-corrected chi connectivity index (χ1v) is 8.34. The summed E-state index contributed by atoms with van der Waals surface area (Å²) < 4.78 is 27.4. The highest BCUT2D eigenvalue weighted by molar-refractivity contribution is 7.08. The van der Waals surface area contributed by atoms with Gasteiger partial charge >= 0.3 is 0 Å². The molecule has 0 saturated carbocycles. The quantitative estimate of drug-likeness (QED) is 0.714. The molecule has 0 saturated heterocycles. The van der Waals surface area contributed by atoms with Gasteiger partial charge in [0.2, 0.25) is 0 Å². The van der Waals surface area contributed by atoms with Gasteiger partial charge in [-0.3, -0.25) is 4.79 Å². The third-order valence-electron chi connectivity index (χ3n) is 4.15. The minimum Gasteiger partial charge on any atom is -0.369 e. The van der Waals surface area contributed by atoms with Crippen molar-refractivity contribution in [3.8, 4) is 11.1 Å². The fraction of sp³-hybridized carbons (Fsp3) is 0.111. The van der Waals surface area contributed by atoms with Crippen molar-refractivity contribution in [2.24, 2.45) is 0 Å². The number of hydrogen-bond donors (Lipinski definition) is 1. The van der Waals surface area contributed by atoms with Crippen LogP contribution in [0.4, 0.5) is 14.6 Å². The largest absolute Gasteiger partial charge is 0.369 e. The van der Waals surface area contributed by atoms with E-state index in [4.69, 9.17) is 0 Å². The maximum Gasteiger partial charge on any atom is 0.175 e. The van der Waals surface area contributed by atoms with E-state index in [0.29, 0.717) is 12.4 Å². The van der Waals surface area contributed by atoms with E-state index in [2.05, 4.69) is 10.3 Å². The Hall–Kier alpha value is -2.60. The van der Waals surface area contributed by atoms with Crippen LogP contribution in [0, 0.1) is 11.6 Å². The molecule has 0 amide bonds. The summed E-state index contributed by atoms with van der Waals surface area (Å²) in [6, 6.07) is 6.75. The van der Waals surface area contributed by atoms with Crippen molar-refractivity contribution in [2.45, 2.75) is 5.92 Å². The van der Waals surface area contributed by atoms with Crippen LogP contribution in [0.5, 0.6) is 0 Å². The molecule has 1 aromatic carbocycles. The van der Waals surface area contributed by atoms with Crippen LogP contribution in [0.1, 0.15) is 21.8 Å². The second kappa shape index (κ2) is 5.79. The zero-order valence-electron chi connectivity index (χ0n) is 12.4. The molecule has 1 atom stereocenters. The smallest absolute Gasteiger partial charge is 0.175 e. The van der Waals surface area contributed by atoms with E-state index >= 15 is 0 Å². The van der Waals surface area contributed by atoms with Crippen LogP contribution >= 0.6 is 11.3 Å². The van der Waals surface area contributed by atoms with Crippen molar-refractivity contribution in [1.82, 2.24) is 4.98 Å². The van der Waals surface area contributed by atoms with Gasteiger partial charge in [0.1, 0.15) is 17.5 Å². The topological polar surface area (TPSA) is 42.0 Å². The number of fused-ring (bicyclic) bond motifs is 1. The minimum atomic E-state index is -0.712. The molecule has 0 aliphatic carbocycles. The molecule has 1 aliphatic heterocycles. The summed E-state index contributed by atoms with van der Waals surface area (Å²) in [7, 11) is 0. The Morgan fingerprint density at radius 3 is 2.92 bits per heavy atom. The predicted octanol–water partition coefficient (Wildman–Crippen LogP) is 4.48. The number of Topliss-reactive ketones (excluding diaryl/α,β-unsaturated/α-hetero) is 1. The Morgan fingerprint density at radius 2 is 2.12 bits per heavy atom. The second-order valence-electron chi connectivity index (χ2n) is 5.55. The number of ketones is 1. The number of nitrogens with one attached hydrogen (secondary N) is 1. The van der Waals surface area contributed by atoms with E-state index in [0.717, 1.165) is 34.9 Å². The zero-order valence-corrected chi connectivity index (χ0v) is 13.2. The van der Waals surface area contributed by atoms with Gasteiger partial charge in [-0.2, -0.15) is 11.3 Å². The molecule has 4 rings (SSSR count). The fourth-order valence-electron chi connectivity index (χ4n) is 3.03. The normalized spacial score (nSPS) is 15.8. The number of rotatable bonds is 3. The summed E-state index contributed by atoms with van der Waals surface area (Å²) >= 11 is 1.55. The number of hydrogen-bond acceptors (Lipinski definition) is 4. The molecule has 2 aromatic heterocycles. The highest BCUT2D eigenvalue weighted by atomic mass is 32.1. The van der Waals surface area contributed by atoms with Crippen molar-refractivity contribution in [3.05, 3.63) is 70.1 Å². The Balaban J connectivity index is 1.82. The fourth-order valence-corrected chi connectivity index (χ4v) is 3.69. The zero-order chi connectivity index (χ0) is 16.7. The first kappa shape index (κ1) is 15.0. The summed E-state index contributed by atoms with van der Waals surface area (Å²) in [5, 5.41) is 7.03. The van der Waals surface area contributed by atoms with Crippen LogP contribution < -0.4 is 5.32 Å². The molecule has 1 unspecified atom stereocenters. The van der Waals surface area contributed by atoms with Gasteiger partial charge in [-0.15, -0.1) is 0 Å². The number of benzene rings is 1. The third-order valence-corrected chi connectivity index (χ3v) is 4.84. The third kappa shape index (κ3) is 2.39. The van der Waals surface area contributed by atoms with Crippen molar-refractivity contribution in [2.75, 3.05) is 11.9 Å². The summed E-state index contributed by atoms with van der Waals surface area (Å²) in [5.41, 5.74) is 2.39. The lowest BCUT2D eigenvalue weighted by Gasteiger charge is -2.13. The standard InChI is InChI=1S/C18H12F2N2OS/c19-11-1-2-15(20)13(7-11)17(23)14-8-22-18-16(14)12(3-5-21-18)10-4-6-24-9-10/h1-7,9,14H,8H2,(H,21,22). The summed E-state index contributed by atoms with van der Waals surface area (Å²) in [4.78, 5) is 17.1. The number of pyridine rings is 1. The Morgan fingerprint density at radius 1 is 1.25 bits per heavy atom. The molecule has 0 fully saturated rings. The molecule has 0 radical (unpaired) electrons. The number of carbonyl (C=O) groups is 1. The Bertz CT molecular complexity index is 925. The Kier molecular flexibility index (Phi) is 3.61. The van der Waals surface area contributed by atoms with Gasteiger partial charge in [0, 0.05) is 18.3 Å². The van der Waals surface area contributed by atoms with Gasteiger partial charge in [0.05, 0.1) is 11.5 Å². The van der Waals surface area contributed by atoms with E-state index in [1.807, 2.05) is 22.9 Å². The lowest BCUT2D eigenvalue weighted by atomic mass is 9.88. The van der Waals surface area contributed by atoms with Crippen molar-refractivity contribution in [3.63, 3.8) is 0 Å². The van der Waals surface area contributed by atoms with Crippen LogP contribution in [0.2, 0.25) is 0 Å². The SMILES string of the molecule is O=C(c1cc(F)ccc1F)C1CNc2nccc(-c3ccsc3)c21. The molecule has 3 heterocycles. The van der Waals surface area contributed by atoms with E-state index in [1.165, 1.54) is 0 Å². The highest BCUT2D eigenvalue weighted by Gasteiger charge is 2.34. The lowest BCUT2D eigenvalue weighted by molar-refractivity contribution is 0.0962. The van der Waals surface area contributed by atoms with Crippen LogP contribution in [0.15, 0.2) is 47.3 Å². The molecule has 3 aromatic rings. The molecular formula is C18H12F2N2OS. The molecule has 1 N–H and O–H groups in total. The highest BCUT2D eigenvalue weighted by Crippen LogP contribution is 2.40. The van der Waals surface area contributed by atoms with Crippen LogP contribution in [-0.4, -0.2) is 17.3 Å². The van der Waals surface area contributed by atoms with E-state index in [-0.39, 0.29) is 5.56 Å². The number of carbonyl (C=O) groups excluding carboxylic acids is 1. The molecule has 1 aliphatic rings. The van der Waals surface area contributed by atoms with E-state index in [9.17, 15) is 13.6 Å². The van der Waals surface area contributed by atoms with Crippen LogP contribution in [-0.2, 0) is 0 Å². The summed E-state index contributed by atoms with van der Waals surface area (Å²) in [6.45, 7) is 0.318. The van der Waals surface area contributed by atoms with E-state index in [1.54, 1.807) is 17.5 Å². The van der Waals surface area contributed by atoms with Crippen molar-refractivity contribution >= 4 is 22.9 Å². The number of thiophene rings is 1. The number of anilines is 1. The van der Waals surface area contributed by atoms with Gasteiger partial charge in [-0.05, 0) is 52.2 Å². The number of halogens is 2. The van der Waals surface area contributed by atoms with Crippen LogP contribution in [0.3, 0.4) is 0 Å². The molecule has 120 valence electrons. The molecule has 3 nitrogen and oxygen atoms in total. The second-order valence-corrected chi connectivity index (χ2v) is 6.33. The average Bonchev–Trinajstić information content (AvgIpc) is 3.25. The molecule has 0 spiro atoms. The van der Waals surface area contributed by atoms with Gasteiger partial charge in [-0.25, -0.2) is 13.8 Å². The van der Waals surface area contributed by atoms with Crippen molar-refractivity contribution in [1.29, 1.82) is 0 Å². The van der Waals surface area contributed by atoms with E-state index < -0.39 is 23.3 Å². The summed E-state index contributed by atoms with van der Waals surface area (Å²) in [5.74, 6) is -1.76. The maximum absolute atomic E-state index is 14.0. The predicted molar refractivity (Wildman–Crippen MR) is 89.5 cm³/mol. The molecule has 24 heavy (non-hydrogen) atoms. The van der Waals surface area contributed by atoms with Crippen molar-refractivity contribution < 1.29 is 13.6 Å². The molecule has 6 heteroatoms. The number of nitrogens with zero attached hydrogens (tertiary/aromatic N) is 1. The first-order chi connectivity index (χ1) is 11.6. The van der Waals surface area contributed by atoms with Crippen LogP contribution in [0.25, 0.3) is 11.1 Å². The monoisotopic (exact) mass is 342 g/mol. The van der Waals surface area contributed by atoms with Gasteiger partial charge < -0.3 is 5.32 Å².